The van der Waals surface area contributed by atoms with Crippen molar-refractivity contribution < 1.29 is 18.3 Å². The van der Waals surface area contributed by atoms with Gasteiger partial charge in [0.15, 0.2) is 0 Å². The normalized spacial score (nSPS) is 31.5. The second-order valence-corrected chi connectivity index (χ2v) is 7.49. The van der Waals surface area contributed by atoms with Crippen LogP contribution in [0.3, 0.4) is 0 Å². The van der Waals surface area contributed by atoms with Crippen LogP contribution in [0.1, 0.15) is 25.7 Å². The first-order valence-corrected chi connectivity index (χ1v) is 8.92. The Bertz CT molecular complexity index is 454. The second kappa shape index (κ2) is 6.38. The third-order valence-corrected chi connectivity index (χ3v) is 4.59. The van der Waals surface area contributed by atoms with Gasteiger partial charge in [0.1, 0.15) is 0 Å². The summed E-state index contributed by atoms with van der Waals surface area (Å²) in [7, 11) is -3.24. The zero-order chi connectivity index (χ0) is 14.8. The molecule has 0 radical (unpaired) electrons. The quantitative estimate of drug-likeness (QED) is 0.596. The van der Waals surface area contributed by atoms with Crippen LogP contribution in [0, 0.1) is 0 Å². The fourth-order valence-corrected chi connectivity index (χ4v) is 3.35. The van der Waals surface area contributed by atoms with E-state index >= 15 is 0 Å². The number of nitrogens with one attached hydrogen (secondary N) is 2. The third kappa shape index (κ3) is 4.15. The molecule has 0 aromatic rings. The number of carbonyl (C=O) groups excluding carboxylic acids is 1. The molecule has 3 N–H and O–H groups in total. The average Bonchev–Trinajstić information content (AvgIpc) is 2.82. The zero-order valence-corrected chi connectivity index (χ0v) is 12.5. The number of piperidine rings is 1. The van der Waals surface area contributed by atoms with E-state index in [1.165, 1.54) is 0 Å². The van der Waals surface area contributed by atoms with Gasteiger partial charge in [-0.2, -0.15) is 0 Å². The molecule has 2 saturated heterocycles. The van der Waals surface area contributed by atoms with Crippen LogP contribution in [0.2, 0.25) is 0 Å². The first-order chi connectivity index (χ1) is 9.37. The summed E-state index contributed by atoms with van der Waals surface area (Å²) in [6.45, 7) is 1.36. The van der Waals surface area contributed by atoms with Crippen molar-refractivity contribution in [2.24, 2.45) is 0 Å². The molecule has 20 heavy (non-hydrogen) atoms. The monoisotopic (exact) mass is 305 g/mol. The van der Waals surface area contributed by atoms with Gasteiger partial charge in [-0.05, 0) is 25.7 Å². The number of aliphatic hydroxyl groups excluding tert-OH is 1. The van der Waals surface area contributed by atoms with Crippen molar-refractivity contribution in [1.29, 1.82) is 0 Å². The van der Waals surface area contributed by atoms with Gasteiger partial charge in [-0.1, -0.05) is 0 Å². The lowest BCUT2D eigenvalue weighted by Gasteiger charge is -2.37. The minimum Gasteiger partial charge on any atom is -0.392 e. The molecule has 3 atom stereocenters. The molecule has 2 aliphatic heterocycles. The molecule has 0 aliphatic carbocycles. The summed E-state index contributed by atoms with van der Waals surface area (Å²) in [6, 6.07) is -0.436. The van der Waals surface area contributed by atoms with Crippen molar-refractivity contribution in [2.45, 2.75) is 43.9 Å². The second-order valence-electron chi connectivity index (χ2n) is 5.65. The highest BCUT2D eigenvalue weighted by Gasteiger charge is 2.35. The van der Waals surface area contributed by atoms with Crippen LogP contribution >= 0.6 is 0 Å². The summed E-state index contributed by atoms with van der Waals surface area (Å²) in [5.74, 6) is -0.0263. The van der Waals surface area contributed by atoms with E-state index in [0.717, 1.165) is 25.5 Å². The van der Waals surface area contributed by atoms with Gasteiger partial charge in [0, 0.05) is 25.7 Å². The molecule has 0 saturated carbocycles. The first-order valence-electron chi connectivity index (χ1n) is 7.03. The fraction of sp³-hybridized carbons (Fsp3) is 0.917. The van der Waals surface area contributed by atoms with Crippen LogP contribution in [-0.2, 0) is 14.8 Å². The van der Waals surface area contributed by atoms with Crippen molar-refractivity contribution in [3.8, 4) is 0 Å². The summed E-state index contributed by atoms with van der Waals surface area (Å²) in [5, 5.41) is 12.5. The smallest absolute Gasteiger partial charge is 0.240 e. The van der Waals surface area contributed by atoms with E-state index in [2.05, 4.69) is 10.0 Å². The molecule has 7 nitrogen and oxygen atoms in total. The summed E-state index contributed by atoms with van der Waals surface area (Å²) in [4.78, 5) is 14.2. The van der Waals surface area contributed by atoms with Gasteiger partial charge in [-0.3, -0.25) is 4.79 Å². The Hall–Kier alpha value is -0.700. The van der Waals surface area contributed by atoms with Crippen molar-refractivity contribution in [3.63, 3.8) is 0 Å². The van der Waals surface area contributed by atoms with Gasteiger partial charge in [0.2, 0.25) is 15.9 Å². The number of rotatable bonds is 4. The zero-order valence-electron chi connectivity index (χ0n) is 11.7. The van der Waals surface area contributed by atoms with E-state index in [0.29, 0.717) is 19.5 Å². The number of hydrogen-bond acceptors (Lipinski definition) is 5. The number of carbonyl (C=O) groups is 1. The number of aliphatic hydroxyl groups is 1. The lowest BCUT2D eigenvalue weighted by atomic mass is 10.0. The molecule has 0 bridgehead atoms. The predicted octanol–water partition coefficient (Wildman–Crippen LogP) is -1.36. The van der Waals surface area contributed by atoms with Crippen molar-refractivity contribution >= 4 is 15.9 Å². The Morgan fingerprint density at radius 1 is 1.45 bits per heavy atom. The molecule has 0 aromatic heterocycles. The number of likely N-dealkylation sites (tertiary alicyclic amines) is 1. The molecule has 2 rings (SSSR count). The van der Waals surface area contributed by atoms with Crippen LogP contribution in [0.25, 0.3) is 0 Å². The highest BCUT2D eigenvalue weighted by molar-refractivity contribution is 7.88. The molecule has 2 aliphatic rings. The van der Waals surface area contributed by atoms with E-state index < -0.39 is 16.1 Å². The van der Waals surface area contributed by atoms with Gasteiger partial charge in [-0.15, -0.1) is 0 Å². The Labute approximate surface area is 119 Å². The molecule has 1 amide bonds. The molecular weight excluding hydrogens is 282 g/mol. The van der Waals surface area contributed by atoms with Gasteiger partial charge in [0.25, 0.3) is 0 Å². The van der Waals surface area contributed by atoms with Crippen molar-refractivity contribution in [2.75, 3.05) is 25.9 Å². The molecule has 0 spiro atoms. The first kappa shape index (κ1) is 15.7. The summed E-state index contributed by atoms with van der Waals surface area (Å²) >= 11 is 0. The molecule has 116 valence electrons. The van der Waals surface area contributed by atoms with E-state index in [1.807, 2.05) is 0 Å². The Morgan fingerprint density at radius 3 is 2.80 bits per heavy atom. The number of sulfonamides is 1. The Morgan fingerprint density at radius 2 is 2.20 bits per heavy atom. The van der Waals surface area contributed by atoms with Gasteiger partial charge >= 0.3 is 0 Å². The minimum absolute atomic E-state index is 0.0263. The van der Waals surface area contributed by atoms with Crippen LogP contribution < -0.4 is 10.0 Å². The third-order valence-electron chi connectivity index (χ3n) is 3.90. The van der Waals surface area contributed by atoms with E-state index in [9.17, 15) is 18.3 Å². The highest BCUT2D eigenvalue weighted by atomic mass is 32.2. The standard InChI is InChI=1S/C12H23N3O4S/c1-20(18,19)14-7-9-4-2-3-5-15(9)12(17)11-6-10(16)8-13-11/h9-11,13-14,16H,2-8H2,1H3. The van der Waals surface area contributed by atoms with E-state index in [-0.39, 0.29) is 24.5 Å². The lowest BCUT2D eigenvalue weighted by Crippen LogP contribution is -2.53. The minimum atomic E-state index is -3.24. The summed E-state index contributed by atoms with van der Waals surface area (Å²) in [5.41, 5.74) is 0. The molecule has 2 fully saturated rings. The lowest BCUT2D eigenvalue weighted by molar-refractivity contribution is -0.136. The maximum atomic E-state index is 12.5. The van der Waals surface area contributed by atoms with Crippen molar-refractivity contribution in [1.82, 2.24) is 14.9 Å². The van der Waals surface area contributed by atoms with Crippen LogP contribution in [-0.4, -0.2) is 68.4 Å². The molecule has 8 heteroatoms. The maximum absolute atomic E-state index is 12.5. The maximum Gasteiger partial charge on any atom is 0.240 e. The predicted molar refractivity (Wildman–Crippen MR) is 74.6 cm³/mol. The van der Waals surface area contributed by atoms with Gasteiger partial charge < -0.3 is 15.3 Å². The summed E-state index contributed by atoms with van der Waals surface area (Å²) in [6.07, 6.45) is 3.83. The average molecular weight is 305 g/mol. The van der Waals surface area contributed by atoms with Crippen molar-refractivity contribution in [3.05, 3.63) is 0 Å². The Kier molecular flexibility index (Phi) is 5.00. The number of amides is 1. The van der Waals surface area contributed by atoms with Crippen LogP contribution in [0.4, 0.5) is 0 Å². The fourth-order valence-electron chi connectivity index (χ4n) is 2.86. The van der Waals surface area contributed by atoms with Crippen LogP contribution in [0.15, 0.2) is 0 Å². The van der Waals surface area contributed by atoms with Crippen LogP contribution in [0.5, 0.6) is 0 Å². The number of hydrogen-bond donors (Lipinski definition) is 3. The number of β-amino-alcohol motifs (C(OH)–C–C–N with tert-alkyl or cyclic N) is 1. The molecule has 0 aromatic carbocycles. The summed E-state index contributed by atoms with van der Waals surface area (Å²) < 4.78 is 24.9. The molecule has 2 heterocycles. The largest absolute Gasteiger partial charge is 0.392 e. The SMILES string of the molecule is CS(=O)(=O)NCC1CCCCN1C(=O)C1CC(O)CN1. The van der Waals surface area contributed by atoms with Gasteiger partial charge in [-0.25, -0.2) is 13.1 Å². The molecular formula is C12H23N3O4S. The molecule has 3 unspecified atom stereocenters. The van der Waals surface area contributed by atoms with E-state index in [4.69, 9.17) is 0 Å². The topological polar surface area (TPSA) is 98.7 Å². The van der Waals surface area contributed by atoms with Gasteiger partial charge in [0.05, 0.1) is 18.4 Å². The Balaban J connectivity index is 1.97. The highest BCUT2D eigenvalue weighted by Crippen LogP contribution is 2.20. The van der Waals surface area contributed by atoms with E-state index in [1.54, 1.807) is 4.90 Å². The number of nitrogens with zero attached hydrogens (tertiary/aromatic N) is 1.